The van der Waals surface area contributed by atoms with Gasteiger partial charge in [0.05, 0.1) is 0 Å². The topological polar surface area (TPSA) is 28.2 Å². The molecule has 3 heteroatoms. The number of hydrogen-bond acceptors (Lipinski definition) is 3. The van der Waals surface area contributed by atoms with Crippen molar-refractivity contribution in [2.75, 3.05) is 24.5 Å². The van der Waals surface area contributed by atoms with Gasteiger partial charge in [-0.1, -0.05) is 26.3 Å². The lowest BCUT2D eigenvalue weighted by molar-refractivity contribution is 0.280. The van der Waals surface area contributed by atoms with Gasteiger partial charge in [-0.15, -0.1) is 0 Å². The first-order valence-corrected chi connectivity index (χ1v) is 7.64. The van der Waals surface area contributed by atoms with E-state index in [1.54, 1.807) is 0 Å². The molecule has 0 saturated carbocycles. The lowest BCUT2D eigenvalue weighted by Gasteiger charge is -2.34. The molecule has 0 aliphatic carbocycles. The molecule has 3 heterocycles. The molecular weight excluding hydrogens is 234 g/mol. The van der Waals surface area contributed by atoms with E-state index in [-0.39, 0.29) is 0 Å². The van der Waals surface area contributed by atoms with E-state index in [2.05, 4.69) is 41.2 Å². The van der Waals surface area contributed by atoms with Gasteiger partial charge in [0.1, 0.15) is 5.82 Å². The zero-order valence-corrected chi connectivity index (χ0v) is 12.2. The normalized spacial score (nSPS) is 27.4. The summed E-state index contributed by atoms with van der Waals surface area (Å²) >= 11 is 0. The van der Waals surface area contributed by atoms with Gasteiger partial charge in [-0.2, -0.15) is 0 Å². The Balaban J connectivity index is 1.70. The van der Waals surface area contributed by atoms with Crippen molar-refractivity contribution >= 4 is 5.82 Å². The largest absolute Gasteiger partial charge is 0.355 e. The van der Waals surface area contributed by atoms with Gasteiger partial charge in [0.2, 0.25) is 0 Å². The molecule has 0 bridgehead atoms. The van der Waals surface area contributed by atoms with Gasteiger partial charge >= 0.3 is 0 Å². The molecule has 2 saturated heterocycles. The van der Waals surface area contributed by atoms with Gasteiger partial charge in [0, 0.05) is 24.8 Å². The van der Waals surface area contributed by atoms with Gasteiger partial charge in [-0.25, -0.2) is 4.98 Å². The average molecular weight is 259 g/mol. The van der Waals surface area contributed by atoms with Crippen molar-refractivity contribution in [3.05, 3.63) is 23.9 Å². The Morgan fingerprint density at radius 3 is 2.79 bits per heavy atom. The maximum absolute atomic E-state index is 4.66. The van der Waals surface area contributed by atoms with Crippen LogP contribution in [0, 0.1) is 0 Å². The summed E-state index contributed by atoms with van der Waals surface area (Å²) in [5.41, 5.74) is 1.70. The fourth-order valence-electron chi connectivity index (χ4n) is 3.37. The standard InChI is InChI=1S/C16H25N3/c1-13(2)14-5-6-15(17-11-14)19-10-8-16(12-19)7-3-4-9-18-16/h5-6,11,13,18H,3-4,7-10,12H2,1-2H3. The van der Waals surface area contributed by atoms with Crippen LogP contribution in [-0.2, 0) is 0 Å². The number of aromatic nitrogens is 1. The predicted octanol–water partition coefficient (Wildman–Crippen LogP) is 2.93. The summed E-state index contributed by atoms with van der Waals surface area (Å²) in [5.74, 6) is 1.71. The summed E-state index contributed by atoms with van der Waals surface area (Å²) in [7, 11) is 0. The molecule has 0 radical (unpaired) electrons. The summed E-state index contributed by atoms with van der Waals surface area (Å²) < 4.78 is 0. The molecule has 3 nitrogen and oxygen atoms in total. The molecule has 1 N–H and O–H groups in total. The summed E-state index contributed by atoms with van der Waals surface area (Å²) in [6, 6.07) is 4.42. The second kappa shape index (κ2) is 5.12. The number of anilines is 1. The van der Waals surface area contributed by atoms with E-state index in [0.29, 0.717) is 11.5 Å². The highest BCUT2D eigenvalue weighted by Gasteiger charge is 2.38. The van der Waals surface area contributed by atoms with Crippen LogP contribution < -0.4 is 10.2 Å². The fourth-order valence-corrected chi connectivity index (χ4v) is 3.37. The molecule has 0 aromatic carbocycles. The minimum absolute atomic E-state index is 0.372. The average Bonchev–Trinajstić information content (AvgIpc) is 2.83. The number of rotatable bonds is 2. The van der Waals surface area contributed by atoms with E-state index < -0.39 is 0 Å². The summed E-state index contributed by atoms with van der Waals surface area (Å²) in [5, 5.41) is 3.75. The number of pyridine rings is 1. The molecule has 1 aromatic rings. The highest BCUT2D eigenvalue weighted by atomic mass is 15.2. The Bertz CT molecular complexity index is 418. The van der Waals surface area contributed by atoms with E-state index >= 15 is 0 Å². The molecule has 1 unspecified atom stereocenters. The molecule has 2 aliphatic heterocycles. The third-order valence-corrected chi connectivity index (χ3v) is 4.70. The Morgan fingerprint density at radius 1 is 1.26 bits per heavy atom. The molecule has 1 atom stereocenters. The molecule has 1 aromatic heterocycles. The molecular formula is C16H25N3. The summed E-state index contributed by atoms with van der Waals surface area (Å²) in [6.45, 7) is 7.89. The number of hydrogen-bond donors (Lipinski definition) is 1. The zero-order chi connectivity index (χ0) is 13.3. The van der Waals surface area contributed by atoms with E-state index in [1.807, 2.05) is 6.20 Å². The third kappa shape index (κ3) is 2.62. The lowest BCUT2D eigenvalue weighted by atomic mass is 9.88. The Hall–Kier alpha value is -1.09. The van der Waals surface area contributed by atoms with Gasteiger partial charge in [-0.05, 0) is 43.4 Å². The second-order valence-electron chi connectivity index (χ2n) is 6.44. The number of nitrogens with one attached hydrogen (secondary N) is 1. The van der Waals surface area contributed by atoms with Crippen molar-refractivity contribution in [2.24, 2.45) is 0 Å². The van der Waals surface area contributed by atoms with E-state index in [1.165, 1.54) is 37.8 Å². The SMILES string of the molecule is CC(C)c1ccc(N2CCC3(CCCCN3)C2)nc1. The van der Waals surface area contributed by atoms with Gasteiger partial charge < -0.3 is 10.2 Å². The van der Waals surface area contributed by atoms with E-state index in [9.17, 15) is 0 Å². The van der Waals surface area contributed by atoms with Crippen LogP contribution in [0.4, 0.5) is 5.82 Å². The second-order valence-corrected chi connectivity index (χ2v) is 6.44. The highest BCUT2D eigenvalue weighted by molar-refractivity contribution is 5.42. The smallest absolute Gasteiger partial charge is 0.128 e. The fraction of sp³-hybridized carbons (Fsp3) is 0.688. The van der Waals surface area contributed by atoms with Crippen LogP contribution in [0.1, 0.15) is 51.0 Å². The zero-order valence-electron chi connectivity index (χ0n) is 12.2. The van der Waals surface area contributed by atoms with Gasteiger partial charge in [0.25, 0.3) is 0 Å². The molecule has 0 amide bonds. The Labute approximate surface area is 116 Å². The van der Waals surface area contributed by atoms with Crippen molar-refractivity contribution in [1.29, 1.82) is 0 Å². The molecule has 2 aliphatic rings. The van der Waals surface area contributed by atoms with Crippen molar-refractivity contribution in [2.45, 2.75) is 51.0 Å². The van der Waals surface area contributed by atoms with Crippen LogP contribution in [0.25, 0.3) is 0 Å². The quantitative estimate of drug-likeness (QED) is 0.885. The minimum atomic E-state index is 0.372. The maximum atomic E-state index is 4.66. The summed E-state index contributed by atoms with van der Waals surface area (Å²) in [6.07, 6.45) is 7.34. The monoisotopic (exact) mass is 259 g/mol. The van der Waals surface area contributed by atoms with Gasteiger partial charge in [0.15, 0.2) is 0 Å². The first-order valence-electron chi connectivity index (χ1n) is 7.64. The predicted molar refractivity (Wildman–Crippen MR) is 79.7 cm³/mol. The third-order valence-electron chi connectivity index (χ3n) is 4.70. The molecule has 104 valence electrons. The number of nitrogens with zero attached hydrogens (tertiary/aromatic N) is 2. The maximum Gasteiger partial charge on any atom is 0.128 e. The molecule has 19 heavy (non-hydrogen) atoms. The first kappa shape index (κ1) is 12.9. The molecule has 1 spiro atoms. The lowest BCUT2D eigenvalue weighted by Crippen LogP contribution is -2.50. The number of piperidine rings is 1. The van der Waals surface area contributed by atoms with Crippen LogP contribution in [0.3, 0.4) is 0 Å². The highest BCUT2D eigenvalue weighted by Crippen LogP contribution is 2.32. The van der Waals surface area contributed by atoms with E-state index in [0.717, 1.165) is 18.9 Å². The van der Waals surface area contributed by atoms with Crippen molar-refractivity contribution in [1.82, 2.24) is 10.3 Å². The van der Waals surface area contributed by atoms with Crippen molar-refractivity contribution < 1.29 is 0 Å². The molecule has 3 rings (SSSR count). The molecule has 2 fully saturated rings. The van der Waals surface area contributed by atoms with Crippen LogP contribution in [0.5, 0.6) is 0 Å². The van der Waals surface area contributed by atoms with Crippen LogP contribution in [0.15, 0.2) is 18.3 Å². The minimum Gasteiger partial charge on any atom is -0.355 e. The van der Waals surface area contributed by atoms with E-state index in [4.69, 9.17) is 0 Å². The Morgan fingerprint density at radius 2 is 2.16 bits per heavy atom. The first-order chi connectivity index (χ1) is 9.19. The van der Waals surface area contributed by atoms with Crippen molar-refractivity contribution in [3.8, 4) is 0 Å². The van der Waals surface area contributed by atoms with Crippen molar-refractivity contribution in [3.63, 3.8) is 0 Å². The van der Waals surface area contributed by atoms with Crippen LogP contribution in [0.2, 0.25) is 0 Å². The summed E-state index contributed by atoms with van der Waals surface area (Å²) in [4.78, 5) is 7.10. The van der Waals surface area contributed by atoms with Crippen LogP contribution >= 0.6 is 0 Å². The van der Waals surface area contributed by atoms with Gasteiger partial charge in [-0.3, -0.25) is 0 Å². The van der Waals surface area contributed by atoms with Crippen LogP contribution in [-0.4, -0.2) is 30.2 Å². The Kier molecular flexibility index (Phi) is 3.48.